The van der Waals surface area contributed by atoms with Crippen LogP contribution in [0.1, 0.15) is 84.6 Å². The fourth-order valence-corrected chi connectivity index (χ4v) is 6.56. The highest BCUT2D eigenvalue weighted by Crippen LogP contribution is 2.12. The number of nitrogens with one attached hydrogen (secondary N) is 8. The van der Waals surface area contributed by atoms with E-state index in [0.29, 0.717) is 5.56 Å². The van der Waals surface area contributed by atoms with E-state index in [1.54, 1.807) is 44.2 Å². The van der Waals surface area contributed by atoms with Gasteiger partial charge in [0.25, 0.3) is 0 Å². The summed E-state index contributed by atoms with van der Waals surface area (Å²) >= 11 is 0. The van der Waals surface area contributed by atoms with E-state index in [1.165, 1.54) is 13.8 Å². The first-order valence-electron chi connectivity index (χ1n) is 22.9. The highest BCUT2D eigenvalue weighted by atomic mass is 16.4. The Hall–Kier alpha value is -7.91. The predicted octanol–water partition coefficient (Wildman–Crippen LogP) is -4.86. The molecule has 0 fully saturated rings. The van der Waals surface area contributed by atoms with E-state index in [0.717, 1.165) is 0 Å². The summed E-state index contributed by atoms with van der Waals surface area (Å²) in [5.74, 6) is -13.7. The number of primary amides is 1. The summed E-state index contributed by atoms with van der Waals surface area (Å²) in [6.07, 6.45) is -2.91. The van der Waals surface area contributed by atoms with Crippen molar-refractivity contribution in [2.24, 2.45) is 39.8 Å². The molecule has 9 amide bonds. The third-order valence-electron chi connectivity index (χ3n) is 10.3. The van der Waals surface area contributed by atoms with Crippen LogP contribution < -0.4 is 65.5 Å². The number of hydrogen-bond donors (Lipinski definition) is 15. The zero-order chi connectivity index (χ0) is 54.7. The molecule has 0 spiro atoms. The Morgan fingerprint density at radius 2 is 1.08 bits per heavy atom. The average molecular weight is 1020 g/mol. The number of carboxylic acids is 3. The first kappa shape index (κ1) is 62.1. The molecule has 0 aliphatic heterocycles. The van der Waals surface area contributed by atoms with E-state index in [2.05, 4.69) is 47.5 Å². The third kappa shape index (κ3) is 25.6. The monoisotopic (exact) mass is 1020 g/mol. The number of guanidine groups is 1. The molecule has 0 radical (unpaired) electrons. The molecule has 1 aromatic rings. The predicted molar refractivity (Wildman–Crippen MR) is 255 cm³/mol. The first-order valence-corrected chi connectivity index (χ1v) is 22.9. The molecule has 0 saturated carbocycles. The van der Waals surface area contributed by atoms with Gasteiger partial charge in [0.05, 0.1) is 25.6 Å². The maximum Gasteiger partial charge on any atom is 0.326 e. The van der Waals surface area contributed by atoms with Crippen LogP contribution in [0.25, 0.3) is 0 Å². The van der Waals surface area contributed by atoms with Gasteiger partial charge in [-0.15, -0.1) is 0 Å². The van der Waals surface area contributed by atoms with Gasteiger partial charge in [0.2, 0.25) is 53.2 Å². The minimum atomic E-state index is -1.68. The van der Waals surface area contributed by atoms with E-state index in [1.807, 2.05) is 0 Å². The SMILES string of the molecule is CC(C)C[C@H](NC(=O)[C@@H](NC(=O)[C@H](CCC(=O)O)NC(=O)[C@H](CCC(=O)O)NC(=O)[C@@H](N)CC(N)=O)C(C)C)C(=O)N[C@@H](Cc1ccccc1)C(=O)NCC(=O)NCC(=O)N[C@@H](CCCN=C(N)N)C(=O)O. The van der Waals surface area contributed by atoms with E-state index in [9.17, 15) is 72.9 Å². The first-order chi connectivity index (χ1) is 33.7. The summed E-state index contributed by atoms with van der Waals surface area (Å²) in [4.78, 5) is 156. The quantitative estimate of drug-likeness (QED) is 0.0175. The molecule has 19 N–H and O–H groups in total. The van der Waals surface area contributed by atoms with Crippen molar-refractivity contribution in [2.75, 3.05) is 19.6 Å². The molecule has 0 aliphatic rings. The molecule has 28 heteroatoms. The molecule has 0 unspecified atom stereocenters. The van der Waals surface area contributed by atoms with Gasteiger partial charge in [-0.3, -0.25) is 57.7 Å². The summed E-state index contributed by atoms with van der Waals surface area (Å²) in [5, 5.41) is 47.2. The number of nitrogens with two attached hydrogens (primary N) is 4. The molecule has 400 valence electrons. The number of hydrogen-bond acceptors (Lipinski definition) is 14. The van der Waals surface area contributed by atoms with Gasteiger partial charge in [0.15, 0.2) is 5.96 Å². The molecule has 0 bridgehead atoms. The van der Waals surface area contributed by atoms with Gasteiger partial charge in [-0.1, -0.05) is 58.0 Å². The Morgan fingerprint density at radius 1 is 0.569 bits per heavy atom. The number of nitrogens with zero attached hydrogens (tertiary/aromatic N) is 1. The van der Waals surface area contributed by atoms with Crippen LogP contribution in [-0.4, -0.2) is 154 Å². The molecule has 0 heterocycles. The summed E-state index contributed by atoms with van der Waals surface area (Å²) < 4.78 is 0. The second-order valence-electron chi connectivity index (χ2n) is 17.3. The Morgan fingerprint density at radius 3 is 1.60 bits per heavy atom. The smallest absolute Gasteiger partial charge is 0.326 e. The van der Waals surface area contributed by atoms with Crippen LogP contribution in [0.4, 0.5) is 0 Å². The zero-order valence-corrected chi connectivity index (χ0v) is 40.6. The molecule has 72 heavy (non-hydrogen) atoms. The van der Waals surface area contributed by atoms with E-state index < -0.39 is 164 Å². The summed E-state index contributed by atoms with van der Waals surface area (Å²) in [6, 6.07) is -1.85. The largest absolute Gasteiger partial charge is 0.481 e. The zero-order valence-electron chi connectivity index (χ0n) is 40.6. The number of rotatable bonds is 34. The molecule has 0 saturated heterocycles. The molecule has 28 nitrogen and oxygen atoms in total. The highest BCUT2D eigenvalue weighted by molar-refractivity contribution is 5.98. The van der Waals surface area contributed by atoms with Crippen molar-refractivity contribution < 1.29 is 72.9 Å². The molecule has 0 aromatic heterocycles. The van der Waals surface area contributed by atoms with Crippen molar-refractivity contribution in [3.8, 4) is 0 Å². The van der Waals surface area contributed by atoms with Crippen molar-refractivity contribution in [1.29, 1.82) is 0 Å². The van der Waals surface area contributed by atoms with Gasteiger partial charge in [-0.25, -0.2) is 4.79 Å². The van der Waals surface area contributed by atoms with Crippen molar-refractivity contribution in [2.45, 2.75) is 128 Å². The van der Waals surface area contributed by atoms with Crippen LogP contribution in [0.15, 0.2) is 35.3 Å². The van der Waals surface area contributed by atoms with Crippen LogP contribution in [0, 0.1) is 11.8 Å². The standard InChI is InChI=1S/C44H69N13O15/c1-22(2)17-29(41(69)55-30(18-24-9-6-5-7-10-24)38(66)51-20-32(59)50-21-33(60)52-28(43(71)72)11-8-16-49-44(47)48)56-42(70)36(23(3)4)57-40(68)27(13-15-35(63)64)54-39(67)26(12-14-34(61)62)53-37(65)25(45)19-31(46)58/h5-7,9-10,22-23,25-30,36H,8,11-21,45H2,1-4H3,(H2,46,58)(H,50,59)(H,51,66)(H,52,60)(H,53,65)(H,54,67)(H,55,69)(H,56,70)(H,57,68)(H,61,62)(H,63,64)(H,71,72)(H4,47,48,49)/t25-,26-,27-,28-,29-,30-,36-/m0/s1. The lowest BCUT2D eigenvalue weighted by atomic mass is 9.98. The van der Waals surface area contributed by atoms with Gasteiger partial charge < -0.3 is 80.8 Å². The Kier molecular flexibility index (Phi) is 27.7. The molecule has 0 aliphatic carbocycles. The maximum absolute atomic E-state index is 14.0. The second-order valence-corrected chi connectivity index (χ2v) is 17.3. The topological polar surface area (TPSA) is 478 Å². The molecular weight excluding hydrogens is 951 g/mol. The fourth-order valence-electron chi connectivity index (χ4n) is 6.56. The minimum Gasteiger partial charge on any atom is -0.481 e. The average Bonchev–Trinajstić information content (AvgIpc) is 3.28. The van der Waals surface area contributed by atoms with Crippen molar-refractivity contribution >= 4 is 77.0 Å². The molecular formula is C44H69N13O15. The lowest BCUT2D eigenvalue weighted by molar-refractivity contribution is -0.142. The van der Waals surface area contributed by atoms with Gasteiger partial charge in [-0.2, -0.15) is 0 Å². The Bertz CT molecular complexity index is 2100. The minimum absolute atomic E-state index is 0.00330. The lowest BCUT2D eigenvalue weighted by Gasteiger charge is -2.29. The molecule has 1 rings (SSSR count). The number of amides is 9. The summed E-state index contributed by atoms with van der Waals surface area (Å²) in [5.41, 5.74) is 21.9. The fraction of sp³-hybridized carbons (Fsp3) is 0.568. The van der Waals surface area contributed by atoms with Crippen LogP contribution >= 0.6 is 0 Å². The number of carboxylic acid groups (broad SMARTS) is 3. The van der Waals surface area contributed by atoms with Gasteiger partial charge in [-0.05, 0) is 49.5 Å². The summed E-state index contributed by atoms with van der Waals surface area (Å²) in [7, 11) is 0. The van der Waals surface area contributed by atoms with Gasteiger partial charge in [0.1, 0.15) is 36.3 Å². The molecule has 1 aromatic carbocycles. The maximum atomic E-state index is 14.0. The third-order valence-corrected chi connectivity index (χ3v) is 10.3. The van der Waals surface area contributed by atoms with Crippen LogP contribution in [0.5, 0.6) is 0 Å². The number of aliphatic carboxylic acids is 3. The Labute approximate surface area is 414 Å². The Balaban J connectivity index is 3.27. The van der Waals surface area contributed by atoms with E-state index >= 15 is 0 Å². The van der Waals surface area contributed by atoms with Crippen molar-refractivity contribution in [1.82, 2.24) is 42.5 Å². The van der Waals surface area contributed by atoms with Gasteiger partial charge in [0, 0.05) is 25.8 Å². The highest BCUT2D eigenvalue weighted by Gasteiger charge is 2.35. The van der Waals surface area contributed by atoms with Gasteiger partial charge >= 0.3 is 17.9 Å². The lowest BCUT2D eigenvalue weighted by Crippen LogP contribution is -2.61. The normalized spacial score (nSPS) is 13.8. The van der Waals surface area contributed by atoms with E-state index in [-0.39, 0.29) is 44.1 Å². The van der Waals surface area contributed by atoms with Crippen molar-refractivity contribution in [3.05, 3.63) is 35.9 Å². The number of benzene rings is 1. The number of carbonyl (C=O) groups is 12. The van der Waals surface area contributed by atoms with Crippen LogP contribution in [-0.2, 0) is 64.0 Å². The van der Waals surface area contributed by atoms with Crippen LogP contribution in [0.2, 0.25) is 0 Å². The molecule has 7 atom stereocenters. The van der Waals surface area contributed by atoms with E-state index in [4.69, 9.17) is 22.9 Å². The number of carbonyl (C=O) groups excluding carboxylic acids is 9. The summed E-state index contributed by atoms with van der Waals surface area (Å²) in [6.45, 7) is 5.35. The van der Waals surface area contributed by atoms with Crippen molar-refractivity contribution in [3.63, 3.8) is 0 Å². The van der Waals surface area contributed by atoms with Crippen LogP contribution in [0.3, 0.4) is 0 Å². The second kappa shape index (κ2) is 32.1. The number of aliphatic imine (C=N–C) groups is 1.